The Morgan fingerprint density at radius 2 is 1.95 bits per heavy atom. The summed E-state index contributed by atoms with van der Waals surface area (Å²) in [5.74, 6) is 0. The molecular formula is C15H15F3N2. The summed E-state index contributed by atoms with van der Waals surface area (Å²) in [5.41, 5.74) is -0.195. The third-order valence-electron chi connectivity index (χ3n) is 4.41. The fourth-order valence-corrected chi connectivity index (χ4v) is 3.07. The minimum atomic E-state index is -4.48. The maximum atomic E-state index is 13.0. The Hall–Kier alpha value is -1.70. The summed E-state index contributed by atoms with van der Waals surface area (Å²) in [6.45, 7) is 1.64. The average molecular weight is 280 g/mol. The van der Waals surface area contributed by atoms with Crippen LogP contribution in [0.15, 0.2) is 18.2 Å². The monoisotopic (exact) mass is 280 g/mol. The predicted molar refractivity (Wildman–Crippen MR) is 69.3 cm³/mol. The van der Waals surface area contributed by atoms with E-state index in [0.29, 0.717) is 11.1 Å². The lowest BCUT2D eigenvalue weighted by molar-refractivity contribution is -0.137. The second kappa shape index (κ2) is 4.41. The highest BCUT2D eigenvalue weighted by Gasteiger charge is 2.45. The zero-order chi connectivity index (χ0) is 14.4. The molecule has 0 unspecified atom stereocenters. The number of anilines is 1. The molecule has 1 heterocycles. The topological polar surface area (TPSA) is 27.0 Å². The van der Waals surface area contributed by atoms with Gasteiger partial charge in [0.15, 0.2) is 0 Å². The van der Waals surface area contributed by atoms with E-state index in [0.717, 1.165) is 25.6 Å². The molecule has 1 aliphatic heterocycles. The SMILES string of the molecule is N#Cc1ccc(N2CCCC3(CC3)C2)cc1C(F)(F)F. The van der Waals surface area contributed by atoms with E-state index in [1.54, 1.807) is 12.1 Å². The fraction of sp³-hybridized carbons (Fsp3) is 0.533. The van der Waals surface area contributed by atoms with Crippen LogP contribution in [-0.2, 0) is 6.18 Å². The van der Waals surface area contributed by atoms with Gasteiger partial charge in [-0.2, -0.15) is 18.4 Å². The van der Waals surface area contributed by atoms with Crippen LogP contribution in [0.25, 0.3) is 0 Å². The second-order valence-corrected chi connectivity index (χ2v) is 5.86. The number of halogens is 3. The molecule has 0 radical (unpaired) electrons. The summed E-state index contributed by atoms with van der Waals surface area (Å²) < 4.78 is 38.9. The quantitative estimate of drug-likeness (QED) is 0.778. The Labute approximate surface area is 115 Å². The van der Waals surface area contributed by atoms with Crippen molar-refractivity contribution in [2.24, 2.45) is 5.41 Å². The Morgan fingerprint density at radius 1 is 1.20 bits per heavy atom. The normalized spacial score (nSPS) is 20.8. The summed E-state index contributed by atoms with van der Waals surface area (Å²) in [6.07, 6.45) is 0.110. The average Bonchev–Trinajstić information content (AvgIpc) is 3.16. The first-order valence-corrected chi connectivity index (χ1v) is 6.80. The van der Waals surface area contributed by atoms with Gasteiger partial charge in [-0.1, -0.05) is 0 Å². The first kappa shape index (κ1) is 13.3. The van der Waals surface area contributed by atoms with E-state index < -0.39 is 11.7 Å². The molecule has 1 saturated heterocycles. The Bertz CT molecular complexity index is 567. The third-order valence-corrected chi connectivity index (χ3v) is 4.41. The van der Waals surface area contributed by atoms with Crippen LogP contribution in [-0.4, -0.2) is 13.1 Å². The molecule has 3 rings (SSSR count). The zero-order valence-corrected chi connectivity index (χ0v) is 11.0. The Kier molecular flexibility index (Phi) is 2.93. The van der Waals surface area contributed by atoms with Crippen molar-refractivity contribution in [1.82, 2.24) is 0 Å². The molecule has 106 valence electrons. The molecule has 20 heavy (non-hydrogen) atoms. The minimum absolute atomic E-state index is 0.306. The van der Waals surface area contributed by atoms with E-state index in [4.69, 9.17) is 5.26 Å². The number of rotatable bonds is 1. The highest BCUT2D eigenvalue weighted by molar-refractivity contribution is 5.55. The molecule has 0 atom stereocenters. The molecule has 0 amide bonds. The summed E-state index contributed by atoms with van der Waals surface area (Å²) >= 11 is 0. The molecular weight excluding hydrogens is 265 g/mol. The number of piperidine rings is 1. The summed E-state index contributed by atoms with van der Waals surface area (Å²) in [5, 5.41) is 8.81. The van der Waals surface area contributed by atoms with E-state index in [1.807, 2.05) is 4.90 Å². The smallest absolute Gasteiger partial charge is 0.371 e. The van der Waals surface area contributed by atoms with E-state index in [9.17, 15) is 13.2 Å². The first-order chi connectivity index (χ1) is 9.43. The van der Waals surface area contributed by atoms with Crippen molar-refractivity contribution in [2.75, 3.05) is 18.0 Å². The van der Waals surface area contributed by atoms with Gasteiger partial charge in [-0.15, -0.1) is 0 Å². The lowest BCUT2D eigenvalue weighted by Crippen LogP contribution is -2.36. The van der Waals surface area contributed by atoms with Crippen LogP contribution in [0.4, 0.5) is 18.9 Å². The molecule has 2 aliphatic rings. The van der Waals surface area contributed by atoms with Crippen molar-refractivity contribution in [3.8, 4) is 6.07 Å². The van der Waals surface area contributed by atoms with Crippen LogP contribution in [0.3, 0.4) is 0 Å². The van der Waals surface area contributed by atoms with Gasteiger partial charge in [0.05, 0.1) is 17.2 Å². The maximum absolute atomic E-state index is 13.0. The lowest BCUT2D eigenvalue weighted by atomic mass is 9.94. The molecule has 2 fully saturated rings. The van der Waals surface area contributed by atoms with Crippen LogP contribution in [0.1, 0.15) is 36.8 Å². The molecule has 1 spiro atoms. The highest BCUT2D eigenvalue weighted by Crippen LogP contribution is 2.52. The van der Waals surface area contributed by atoms with Crippen LogP contribution < -0.4 is 4.90 Å². The van der Waals surface area contributed by atoms with Gasteiger partial charge in [-0.3, -0.25) is 0 Å². The molecule has 5 heteroatoms. The molecule has 0 bridgehead atoms. The first-order valence-electron chi connectivity index (χ1n) is 6.80. The number of hydrogen-bond acceptors (Lipinski definition) is 2. The fourth-order valence-electron chi connectivity index (χ4n) is 3.07. The summed E-state index contributed by atoms with van der Waals surface area (Å²) in [7, 11) is 0. The molecule has 0 aromatic heterocycles. The van der Waals surface area contributed by atoms with E-state index in [-0.39, 0.29) is 5.56 Å². The van der Waals surface area contributed by atoms with E-state index >= 15 is 0 Å². The van der Waals surface area contributed by atoms with Gasteiger partial charge in [0.1, 0.15) is 0 Å². The summed E-state index contributed by atoms with van der Waals surface area (Å²) in [6, 6.07) is 5.67. The van der Waals surface area contributed by atoms with Crippen molar-refractivity contribution < 1.29 is 13.2 Å². The van der Waals surface area contributed by atoms with Crippen molar-refractivity contribution in [3.63, 3.8) is 0 Å². The van der Waals surface area contributed by atoms with Crippen LogP contribution in [0.5, 0.6) is 0 Å². The van der Waals surface area contributed by atoms with Gasteiger partial charge in [-0.05, 0) is 49.3 Å². The van der Waals surface area contributed by atoms with Crippen molar-refractivity contribution >= 4 is 5.69 Å². The molecule has 1 aromatic carbocycles. The highest BCUT2D eigenvalue weighted by atomic mass is 19.4. The van der Waals surface area contributed by atoms with Crippen molar-refractivity contribution in [1.29, 1.82) is 5.26 Å². The van der Waals surface area contributed by atoms with Gasteiger partial charge in [0, 0.05) is 18.8 Å². The van der Waals surface area contributed by atoms with Gasteiger partial charge >= 0.3 is 6.18 Å². The van der Waals surface area contributed by atoms with Gasteiger partial charge in [0.25, 0.3) is 0 Å². The van der Waals surface area contributed by atoms with Crippen LogP contribution in [0, 0.1) is 16.7 Å². The van der Waals surface area contributed by atoms with Crippen molar-refractivity contribution in [3.05, 3.63) is 29.3 Å². The van der Waals surface area contributed by atoms with E-state index in [1.165, 1.54) is 25.3 Å². The van der Waals surface area contributed by atoms with Crippen LogP contribution >= 0.6 is 0 Å². The van der Waals surface area contributed by atoms with Gasteiger partial charge < -0.3 is 4.90 Å². The second-order valence-electron chi connectivity index (χ2n) is 5.86. The molecule has 1 aromatic rings. The minimum Gasteiger partial charge on any atom is -0.371 e. The number of nitrogens with zero attached hydrogens (tertiary/aromatic N) is 2. The van der Waals surface area contributed by atoms with Gasteiger partial charge in [0.2, 0.25) is 0 Å². The molecule has 1 aliphatic carbocycles. The molecule has 0 N–H and O–H groups in total. The third kappa shape index (κ3) is 2.35. The number of alkyl halides is 3. The summed E-state index contributed by atoms with van der Waals surface area (Å²) in [4.78, 5) is 2.03. The van der Waals surface area contributed by atoms with E-state index in [2.05, 4.69) is 0 Å². The Balaban J connectivity index is 1.92. The number of benzene rings is 1. The zero-order valence-electron chi connectivity index (χ0n) is 11.0. The predicted octanol–water partition coefficient (Wildman–Crippen LogP) is 3.96. The number of nitriles is 1. The lowest BCUT2D eigenvalue weighted by Gasteiger charge is -2.35. The number of hydrogen-bond donors (Lipinski definition) is 0. The maximum Gasteiger partial charge on any atom is 0.417 e. The van der Waals surface area contributed by atoms with Gasteiger partial charge in [-0.25, -0.2) is 0 Å². The largest absolute Gasteiger partial charge is 0.417 e. The molecule has 1 saturated carbocycles. The Morgan fingerprint density at radius 3 is 2.55 bits per heavy atom. The van der Waals surface area contributed by atoms with Crippen molar-refractivity contribution in [2.45, 2.75) is 31.9 Å². The van der Waals surface area contributed by atoms with Crippen LogP contribution in [0.2, 0.25) is 0 Å². The standard InChI is InChI=1S/C15H15F3N2/c16-15(17,18)13-8-12(3-2-11(13)9-19)20-7-1-4-14(10-20)5-6-14/h2-3,8H,1,4-7,10H2. The molecule has 2 nitrogen and oxygen atoms in total.